The summed E-state index contributed by atoms with van der Waals surface area (Å²) in [5.74, 6) is -0.600. The van der Waals surface area contributed by atoms with Crippen molar-refractivity contribution in [2.24, 2.45) is 22.7 Å². The van der Waals surface area contributed by atoms with E-state index in [1.165, 1.54) is 0 Å². The van der Waals surface area contributed by atoms with E-state index in [1.807, 2.05) is 13.8 Å². The average Bonchev–Trinajstić information content (AvgIpc) is 2.72. The number of alkyl halides is 1. The van der Waals surface area contributed by atoms with Gasteiger partial charge >= 0.3 is 0 Å². The standard InChI is InChI=1S/C20H27FO3/c1-17-8-6-13(22)10-12(17)4-5-15-14-7-9-19(3,24)18(14,2)11-16(23)20(15,17)21/h10,14-15,24H,4-9,11H2,1-3H3/t14?,15?,17?,18?,19-,20-/m0/s1. The number of Topliss-reactive ketones (excluding diaryl/α,β-unsaturated/α-hetero) is 1. The molecule has 0 aromatic heterocycles. The van der Waals surface area contributed by atoms with Gasteiger partial charge in [0.15, 0.2) is 17.2 Å². The zero-order valence-electron chi connectivity index (χ0n) is 14.8. The minimum absolute atomic E-state index is 0.0335. The van der Waals surface area contributed by atoms with Gasteiger partial charge in [0.05, 0.1) is 5.60 Å². The van der Waals surface area contributed by atoms with Gasteiger partial charge in [0.1, 0.15) is 0 Å². The number of carbonyl (C=O) groups is 2. The Morgan fingerprint density at radius 3 is 2.50 bits per heavy atom. The van der Waals surface area contributed by atoms with Gasteiger partial charge in [-0.3, -0.25) is 9.59 Å². The van der Waals surface area contributed by atoms with Crippen molar-refractivity contribution in [3.05, 3.63) is 11.6 Å². The molecule has 0 aromatic carbocycles. The van der Waals surface area contributed by atoms with Crippen LogP contribution in [-0.4, -0.2) is 27.9 Å². The fourth-order valence-electron chi connectivity index (χ4n) is 6.50. The van der Waals surface area contributed by atoms with Crippen LogP contribution in [0.4, 0.5) is 4.39 Å². The van der Waals surface area contributed by atoms with Crippen molar-refractivity contribution in [2.45, 2.75) is 77.0 Å². The molecule has 6 atom stereocenters. The molecular formula is C20H27FO3. The monoisotopic (exact) mass is 334 g/mol. The van der Waals surface area contributed by atoms with Gasteiger partial charge in [0.2, 0.25) is 0 Å². The molecule has 3 fully saturated rings. The van der Waals surface area contributed by atoms with Crippen LogP contribution in [0.2, 0.25) is 0 Å². The van der Waals surface area contributed by atoms with E-state index in [0.29, 0.717) is 32.1 Å². The van der Waals surface area contributed by atoms with Gasteiger partial charge in [-0.15, -0.1) is 0 Å². The number of hydrogen-bond donors (Lipinski definition) is 1. The summed E-state index contributed by atoms with van der Waals surface area (Å²) in [4.78, 5) is 24.9. The predicted molar refractivity (Wildman–Crippen MR) is 88.1 cm³/mol. The molecule has 1 N–H and O–H groups in total. The summed E-state index contributed by atoms with van der Waals surface area (Å²) in [6, 6.07) is 0. The average molecular weight is 334 g/mol. The topological polar surface area (TPSA) is 54.4 Å². The first-order valence-corrected chi connectivity index (χ1v) is 9.25. The number of allylic oxidation sites excluding steroid dienone is 1. The number of hydrogen-bond acceptors (Lipinski definition) is 3. The fraction of sp³-hybridized carbons (Fsp3) is 0.800. The summed E-state index contributed by atoms with van der Waals surface area (Å²) in [5, 5.41) is 10.8. The third-order valence-corrected chi connectivity index (χ3v) is 8.36. The molecule has 4 aliphatic rings. The fourth-order valence-corrected chi connectivity index (χ4v) is 6.50. The zero-order valence-corrected chi connectivity index (χ0v) is 14.8. The number of rotatable bonds is 0. The van der Waals surface area contributed by atoms with E-state index >= 15 is 4.39 Å². The zero-order chi connectivity index (χ0) is 17.5. The maximum absolute atomic E-state index is 16.5. The molecule has 0 spiro atoms. The molecule has 24 heavy (non-hydrogen) atoms. The van der Waals surface area contributed by atoms with Gasteiger partial charge in [-0.1, -0.05) is 19.4 Å². The first-order valence-electron chi connectivity index (χ1n) is 9.25. The lowest BCUT2D eigenvalue weighted by Crippen LogP contribution is -2.66. The second-order valence-electron chi connectivity index (χ2n) is 9.26. The van der Waals surface area contributed by atoms with Crippen LogP contribution in [0.1, 0.15) is 65.7 Å². The highest BCUT2D eigenvalue weighted by Crippen LogP contribution is 2.68. The highest BCUT2D eigenvalue weighted by Gasteiger charge is 2.72. The van der Waals surface area contributed by atoms with Gasteiger partial charge in [0, 0.05) is 29.6 Å². The molecule has 0 amide bonds. The molecule has 0 aromatic rings. The second-order valence-corrected chi connectivity index (χ2v) is 9.26. The van der Waals surface area contributed by atoms with Crippen molar-refractivity contribution in [1.29, 1.82) is 0 Å². The van der Waals surface area contributed by atoms with Crippen LogP contribution in [-0.2, 0) is 9.59 Å². The van der Waals surface area contributed by atoms with Crippen molar-refractivity contribution in [2.75, 3.05) is 0 Å². The molecule has 0 saturated heterocycles. The van der Waals surface area contributed by atoms with Gasteiger partial charge in [-0.25, -0.2) is 4.39 Å². The highest BCUT2D eigenvalue weighted by atomic mass is 19.1. The highest BCUT2D eigenvalue weighted by molar-refractivity contribution is 5.95. The van der Waals surface area contributed by atoms with Crippen LogP contribution in [0.3, 0.4) is 0 Å². The molecule has 4 unspecified atom stereocenters. The molecule has 0 aliphatic heterocycles. The Morgan fingerprint density at radius 2 is 1.79 bits per heavy atom. The molecule has 3 nitrogen and oxygen atoms in total. The maximum atomic E-state index is 16.5. The molecule has 4 aliphatic carbocycles. The number of ketones is 2. The largest absolute Gasteiger partial charge is 0.390 e. The number of halogens is 1. The van der Waals surface area contributed by atoms with E-state index in [0.717, 1.165) is 12.0 Å². The first kappa shape index (κ1) is 16.4. The van der Waals surface area contributed by atoms with E-state index in [-0.39, 0.29) is 29.8 Å². The third kappa shape index (κ3) is 1.66. The Bertz CT molecular complexity index is 666. The van der Waals surface area contributed by atoms with E-state index in [4.69, 9.17) is 0 Å². The Morgan fingerprint density at radius 1 is 1.08 bits per heavy atom. The Hall–Kier alpha value is -1.03. The smallest absolute Gasteiger partial charge is 0.180 e. The normalized spacial score (nSPS) is 54.0. The lowest BCUT2D eigenvalue weighted by atomic mass is 9.44. The summed E-state index contributed by atoms with van der Waals surface area (Å²) < 4.78 is 16.5. The van der Waals surface area contributed by atoms with Crippen LogP contribution in [0.15, 0.2) is 11.6 Å². The number of fused-ring (bicyclic) bond motifs is 5. The van der Waals surface area contributed by atoms with Crippen molar-refractivity contribution in [3.63, 3.8) is 0 Å². The van der Waals surface area contributed by atoms with Crippen LogP contribution in [0.5, 0.6) is 0 Å². The molecule has 4 rings (SSSR count). The lowest BCUT2D eigenvalue weighted by Gasteiger charge is -2.60. The molecule has 3 saturated carbocycles. The maximum Gasteiger partial charge on any atom is 0.180 e. The Kier molecular flexibility index (Phi) is 3.13. The third-order valence-electron chi connectivity index (χ3n) is 8.36. The van der Waals surface area contributed by atoms with Gasteiger partial charge < -0.3 is 5.11 Å². The molecule has 132 valence electrons. The predicted octanol–water partition coefficient (Wildman–Crippen LogP) is 3.54. The van der Waals surface area contributed by atoms with Crippen molar-refractivity contribution >= 4 is 11.6 Å². The summed E-state index contributed by atoms with van der Waals surface area (Å²) in [7, 11) is 0. The summed E-state index contributed by atoms with van der Waals surface area (Å²) in [5.41, 5.74) is -3.35. The lowest BCUT2D eigenvalue weighted by molar-refractivity contribution is -0.184. The van der Waals surface area contributed by atoms with Crippen molar-refractivity contribution in [3.8, 4) is 0 Å². The van der Waals surface area contributed by atoms with Gasteiger partial charge in [-0.2, -0.15) is 0 Å². The quantitative estimate of drug-likeness (QED) is 0.737. The van der Waals surface area contributed by atoms with E-state index in [1.54, 1.807) is 13.0 Å². The van der Waals surface area contributed by atoms with Crippen LogP contribution < -0.4 is 0 Å². The number of aliphatic hydroxyl groups is 1. The van der Waals surface area contributed by atoms with E-state index in [9.17, 15) is 14.7 Å². The van der Waals surface area contributed by atoms with Crippen LogP contribution in [0, 0.1) is 22.7 Å². The van der Waals surface area contributed by atoms with Crippen molar-refractivity contribution < 1.29 is 19.1 Å². The molecule has 0 radical (unpaired) electrons. The van der Waals surface area contributed by atoms with Crippen LogP contribution in [0.25, 0.3) is 0 Å². The molecular weight excluding hydrogens is 307 g/mol. The summed E-state index contributed by atoms with van der Waals surface area (Å²) in [6.07, 6.45) is 5.17. The second kappa shape index (κ2) is 4.57. The Balaban J connectivity index is 1.84. The van der Waals surface area contributed by atoms with Crippen LogP contribution >= 0.6 is 0 Å². The summed E-state index contributed by atoms with van der Waals surface area (Å²) in [6.45, 7) is 5.63. The molecule has 0 heterocycles. The van der Waals surface area contributed by atoms with Crippen molar-refractivity contribution in [1.82, 2.24) is 0 Å². The minimum Gasteiger partial charge on any atom is -0.390 e. The van der Waals surface area contributed by atoms with E-state index < -0.39 is 22.1 Å². The first-order chi connectivity index (χ1) is 11.1. The molecule has 4 heteroatoms. The minimum atomic E-state index is -1.89. The molecule has 0 bridgehead atoms. The number of carbonyl (C=O) groups excluding carboxylic acids is 2. The Labute approximate surface area is 142 Å². The van der Waals surface area contributed by atoms with E-state index in [2.05, 4.69) is 0 Å². The summed E-state index contributed by atoms with van der Waals surface area (Å²) >= 11 is 0. The van der Waals surface area contributed by atoms with Gasteiger partial charge in [-0.05, 0) is 51.0 Å². The SMILES string of the molecule is CC12CC(=O)[C@@]3(F)C(CCC4=CC(=O)CCC43C)C1CC[C@]2(C)O. The van der Waals surface area contributed by atoms with Gasteiger partial charge in [0.25, 0.3) is 0 Å².